The smallest absolute Gasteiger partial charge is 0.0181 e. The minimum absolute atomic E-state index is 0.000220. The zero-order valence-electron chi connectivity index (χ0n) is 17.6. The molecule has 0 bridgehead atoms. The highest BCUT2D eigenvalue weighted by Crippen LogP contribution is 2.44. The van der Waals surface area contributed by atoms with Gasteiger partial charge in [-0.2, -0.15) is 0 Å². The standard InChI is InChI=1S/C25H36N2/c1-9-11-23(10-2)17-21(7)27-22(8)18-24(16-19(3)4)25(20(5)6)12-14-26-15-13-25/h9-11,16-18,26-27H,1-3,5,12-15H2,4,6-8H3/b21-17+,22-18+,23-11-,24-16+. The SMILES string of the molecule is C=C/C=C(C=C)\C=C(/C)N/C(C)=C/C(=C\C(=C)C)C1(C(=C)C)CCNCC1. The molecular weight excluding hydrogens is 328 g/mol. The second kappa shape index (κ2) is 10.7. The van der Waals surface area contributed by atoms with Gasteiger partial charge in [0.2, 0.25) is 0 Å². The second-order valence-electron chi connectivity index (χ2n) is 7.44. The van der Waals surface area contributed by atoms with Gasteiger partial charge in [-0.05, 0) is 76.9 Å². The van der Waals surface area contributed by atoms with E-state index in [0.717, 1.165) is 48.5 Å². The summed E-state index contributed by atoms with van der Waals surface area (Å²) < 4.78 is 0. The van der Waals surface area contributed by atoms with Crippen LogP contribution in [0.15, 0.2) is 96.5 Å². The maximum atomic E-state index is 4.33. The number of hydrogen-bond donors (Lipinski definition) is 2. The van der Waals surface area contributed by atoms with Crippen LogP contribution < -0.4 is 10.6 Å². The summed E-state index contributed by atoms with van der Waals surface area (Å²) in [6.07, 6.45) is 14.2. The zero-order chi connectivity index (χ0) is 20.4. The molecule has 0 spiro atoms. The van der Waals surface area contributed by atoms with Crippen molar-refractivity contribution >= 4 is 0 Å². The predicted molar refractivity (Wildman–Crippen MR) is 121 cm³/mol. The minimum Gasteiger partial charge on any atom is -0.363 e. The van der Waals surface area contributed by atoms with E-state index in [9.17, 15) is 0 Å². The number of nitrogens with one attached hydrogen (secondary N) is 2. The first kappa shape index (κ1) is 22.7. The van der Waals surface area contributed by atoms with Crippen molar-refractivity contribution in [3.63, 3.8) is 0 Å². The molecule has 0 radical (unpaired) electrons. The molecular formula is C25H36N2. The summed E-state index contributed by atoms with van der Waals surface area (Å²) in [6.45, 7) is 26.4. The van der Waals surface area contributed by atoms with E-state index in [1.54, 1.807) is 6.08 Å². The van der Waals surface area contributed by atoms with Crippen molar-refractivity contribution in [2.45, 2.75) is 40.5 Å². The van der Waals surface area contributed by atoms with E-state index >= 15 is 0 Å². The van der Waals surface area contributed by atoms with Gasteiger partial charge in [-0.15, -0.1) is 0 Å². The van der Waals surface area contributed by atoms with Gasteiger partial charge in [0.1, 0.15) is 0 Å². The highest BCUT2D eigenvalue weighted by molar-refractivity contribution is 5.42. The number of hydrogen-bond acceptors (Lipinski definition) is 2. The lowest BCUT2D eigenvalue weighted by Gasteiger charge is -2.40. The van der Waals surface area contributed by atoms with Crippen LogP contribution in [-0.2, 0) is 0 Å². The van der Waals surface area contributed by atoms with Gasteiger partial charge in [-0.1, -0.05) is 61.8 Å². The molecule has 0 saturated carbocycles. The average molecular weight is 365 g/mol. The lowest BCUT2D eigenvalue weighted by molar-refractivity contribution is 0.311. The van der Waals surface area contributed by atoms with Crippen LogP contribution in [0, 0.1) is 5.41 Å². The van der Waals surface area contributed by atoms with Crippen molar-refractivity contribution in [1.82, 2.24) is 10.6 Å². The highest BCUT2D eigenvalue weighted by atomic mass is 14.9. The lowest BCUT2D eigenvalue weighted by atomic mass is 9.67. The molecule has 27 heavy (non-hydrogen) atoms. The van der Waals surface area contributed by atoms with Gasteiger partial charge in [0.15, 0.2) is 0 Å². The summed E-state index contributed by atoms with van der Waals surface area (Å²) in [5.41, 5.74) is 6.74. The Bertz CT molecular complexity index is 705. The molecule has 0 aromatic heterocycles. The monoisotopic (exact) mass is 364 g/mol. The summed E-state index contributed by atoms with van der Waals surface area (Å²) in [7, 11) is 0. The Hall–Kier alpha value is -2.32. The third-order valence-corrected chi connectivity index (χ3v) is 4.92. The van der Waals surface area contributed by atoms with Crippen LogP contribution >= 0.6 is 0 Å². The molecule has 2 N–H and O–H groups in total. The molecule has 0 atom stereocenters. The van der Waals surface area contributed by atoms with Crippen molar-refractivity contribution in [3.05, 3.63) is 96.5 Å². The summed E-state index contributed by atoms with van der Waals surface area (Å²) in [5, 5.41) is 6.95. The molecule has 1 heterocycles. The molecule has 1 fully saturated rings. The molecule has 2 heteroatoms. The fraction of sp³-hybridized carbons (Fsp3) is 0.360. The van der Waals surface area contributed by atoms with E-state index in [1.807, 2.05) is 19.1 Å². The topological polar surface area (TPSA) is 24.1 Å². The van der Waals surface area contributed by atoms with Gasteiger partial charge in [-0.25, -0.2) is 0 Å². The molecule has 146 valence electrons. The Balaban J connectivity index is 3.21. The van der Waals surface area contributed by atoms with Crippen LogP contribution in [0.4, 0.5) is 0 Å². The van der Waals surface area contributed by atoms with E-state index < -0.39 is 0 Å². The zero-order valence-corrected chi connectivity index (χ0v) is 17.6. The maximum Gasteiger partial charge on any atom is 0.0181 e. The van der Waals surface area contributed by atoms with Gasteiger partial charge < -0.3 is 10.6 Å². The Kier molecular flexibility index (Phi) is 9.04. The number of rotatable bonds is 9. The average Bonchev–Trinajstić information content (AvgIpc) is 2.60. The lowest BCUT2D eigenvalue weighted by Crippen LogP contribution is -2.38. The van der Waals surface area contributed by atoms with Crippen molar-refractivity contribution in [3.8, 4) is 0 Å². The van der Waals surface area contributed by atoms with Crippen LogP contribution in [0.2, 0.25) is 0 Å². The molecule has 0 aromatic carbocycles. The summed E-state index contributed by atoms with van der Waals surface area (Å²) in [4.78, 5) is 0. The largest absolute Gasteiger partial charge is 0.363 e. The summed E-state index contributed by atoms with van der Waals surface area (Å²) >= 11 is 0. The summed E-state index contributed by atoms with van der Waals surface area (Å²) in [5.74, 6) is 0. The van der Waals surface area contributed by atoms with E-state index in [2.05, 4.69) is 75.9 Å². The Morgan fingerprint density at radius 1 is 0.926 bits per heavy atom. The van der Waals surface area contributed by atoms with Crippen molar-refractivity contribution in [2.24, 2.45) is 5.41 Å². The predicted octanol–water partition coefficient (Wildman–Crippen LogP) is 6.13. The highest BCUT2D eigenvalue weighted by Gasteiger charge is 2.35. The molecule has 1 rings (SSSR count). The Labute approximate surface area is 166 Å². The van der Waals surface area contributed by atoms with Crippen molar-refractivity contribution in [1.29, 1.82) is 0 Å². The third kappa shape index (κ3) is 6.73. The Morgan fingerprint density at radius 2 is 1.52 bits per heavy atom. The minimum atomic E-state index is -0.000220. The maximum absolute atomic E-state index is 4.33. The summed E-state index contributed by atoms with van der Waals surface area (Å²) in [6, 6.07) is 0. The van der Waals surface area contributed by atoms with E-state index in [-0.39, 0.29) is 5.41 Å². The van der Waals surface area contributed by atoms with Crippen LogP contribution in [0.3, 0.4) is 0 Å². The molecule has 1 aliphatic heterocycles. The van der Waals surface area contributed by atoms with E-state index in [0.29, 0.717) is 0 Å². The quantitative estimate of drug-likeness (QED) is 0.380. The first-order valence-electron chi connectivity index (χ1n) is 9.58. The van der Waals surface area contributed by atoms with Crippen LogP contribution in [0.5, 0.6) is 0 Å². The first-order valence-corrected chi connectivity index (χ1v) is 9.58. The molecule has 0 aliphatic carbocycles. The van der Waals surface area contributed by atoms with Crippen molar-refractivity contribution < 1.29 is 0 Å². The fourth-order valence-electron chi connectivity index (χ4n) is 3.58. The molecule has 1 aliphatic rings. The van der Waals surface area contributed by atoms with Gasteiger partial charge in [0.25, 0.3) is 0 Å². The molecule has 0 aromatic rings. The molecule has 0 unspecified atom stereocenters. The first-order chi connectivity index (χ1) is 12.7. The van der Waals surface area contributed by atoms with E-state index in [4.69, 9.17) is 0 Å². The van der Waals surface area contributed by atoms with Crippen LogP contribution in [-0.4, -0.2) is 13.1 Å². The third-order valence-electron chi connectivity index (χ3n) is 4.92. The van der Waals surface area contributed by atoms with Gasteiger partial charge in [0, 0.05) is 16.8 Å². The molecule has 2 nitrogen and oxygen atoms in total. The van der Waals surface area contributed by atoms with Crippen molar-refractivity contribution in [2.75, 3.05) is 13.1 Å². The van der Waals surface area contributed by atoms with Gasteiger partial charge in [0.05, 0.1) is 0 Å². The molecule has 1 saturated heterocycles. The number of allylic oxidation sites excluding steroid dienone is 12. The number of piperidine rings is 1. The van der Waals surface area contributed by atoms with E-state index in [1.165, 1.54) is 11.1 Å². The molecule has 0 amide bonds. The van der Waals surface area contributed by atoms with Crippen LogP contribution in [0.1, 0.15) is 40.5 Å². The van der Waals surface area contributed by atoms with Gasteiger partial charge in [-0.3, -0.25) is 0 Å². The normalized spacial score (nSPS) is 18.7. The van der Waals surface area contributed by atoms with Gasteiger partial charge >= 0.3 is 0 Å². The van der Waals surface area contributed by atoms with Crippen LogP contribution in [0.25, 0.3) is 0 Å². The fourth-order valence-corrected chi connectivity index (χ4v) is 3.58. The Morgan fingerprint density at radius 3 is 2.00 bits per heavy atom. The second-order valence-corrected chi connectivity index (χ2v) is 7.44.